The van der Waals surface area contributed by atoms with Crippen LogP contribution in [0.3, 0.4) is 0 Å². The lowest BCUT2D eigenvalue weighted by atomic mass is 9.80. The summed E-state index contributed by atoms with van der Waals surface area (Å²) in [6, 6.07) is 21.4. The number of benzene rings is 3. The van der Waals surface area contributed by atoms with Crippen LogP contribution in [0.2, 0.25) is 0 Å². The predicted molar refractivity (Wildman–Crippen MR) is 169 cm³/mol. The number of aromatic nitrogens is 3. The van der Waals surface area contributed by atoms with Gasteiger partial charge in [-0.3, -0.25) is 0 Å². The Hall–Kier alpha value is -3.36. The molecule has 3 heterocycles. The molecule has 3 aromatic carbocycles. The molecule has 8 heteroatoms. The second-order valence-electron chi connectivity index (χ2n) is 12.7. The lowest BCUT2D eigenvalue weighted by Gasteiger charge is -2.26. The first-order valence-corrected chi connectivity index (χ1v) is 15.6. The van der Waals surface area contributed by atoms with Crippen molar-refractivity contribution in [3.8, 4) is 21.8 Å². The maximum Gasteiger partial charge on any atom is 0.394 e. The molecule has 6 aromatic rings. The summed E-state index contributed by atoms with van der Waals surface area (Å²) in [4.78, 5) is 10.9. The maximum atomic E-state index is 13.5. The number of hydrogen-bond donors (Lipinski definition) is 0. The van der Waals surface area contributed by atoms with Crippen molar-refractivity contribution in [1.29, 1.82) is 0 Å². The highest BCUT2D eigenvalue weighted by Gasteiger charge is 2.47. The van der Waals surface area contributed by atoms with Crippen LogP contribution in [0.25, 0.3) is 53.2 Å². The molecule has 216 valence electrons. The lowest BCUT2D eigenvalue weighted by Crippen LogP contribution is -2.34. The average Bonchev–Trinajstić information content (AvgIpc) is 3.47. The van der Waals surface area contributed by atoms with Crippen molar-refractivity contribution in [2.45, 2.75) is 59.6 Å². The van der Waals surface area contributed by atoms with Gasteiger partial charge in [0, 0.05) is 24.1 Å². The fraction of sp³-hybridized carbons (Fsp3) is 0.324. The van der Waals surface area contributed by atoms with E-state index < -0.39 is 11.6 Å². The molecule has 0 saturated heterocycles. The van der Waals surface area contributed by atoms with Crippen molar-refractivity contribution in [3.05, 3.63) is 76.8 Å². The van der Waals surface area contributed by atoms with Gasteiger partial charge in [-0.1, -0.05) is 93.7 Å². The molecular weight excluding hydrogens is 572 g/mol. The zero-order valence-electron chi connectivity index (χ0n) is 24.8. The van der Waals surface area contributed by atoms with Gasteiger partial charge in [0.1, 0.15) is 12.1 Å². The SMILES string of the molecule is Cc1c(-c2cc(-c3nc4sc(CC(C)(C)C(F)(F)F)nc4s3)c3ccccc3[n+]2C)cc(C(C)(C)C)c2ccccc12. The van der Waals surface area contributed by atoms with Gasteiger partial charge in [0.2, 0.25) is 11.2 Å². The van der Waals surface area contributed by atoms with Crippen LogP contribution < -0.4 is 4.57 Å². The highest BCUT2D eigenvalue weighted by Crippen LogP contribution is 2.44. The highest BCUT2D eigenvalue weighted by atomic mass is 32.1. The highest BCUT2D eigenvalue weighted by molar-refractivity contribution is 7.28. The Labute approximate surface area is 251 Å². The Morgan fingerprint density at radius 3 is 2.02 bits per heavy atom. The van der Waals surface area contributed by atoms with E-state index in [2.05, 4.69) is 92.8 Å². The van der Waals surface area contributed by atoms with Gasteiger partial charge < -0.3 is 0 Å². The Balaban J connectivity index is 1.54. The first-order chi connectivity index (χ1) is 19.7. The molecule has 3 nitrogen and oxygen atoms in total. The number of hydrogen-bond acceptors (Lipinski definition) is 4. The third-order valence-electron chi connectivity index (χ3n) is 8.21. The molecule has 0 atom stereocenters. The average molecular weight is 605 g/mol. The maximum absolute atomic E-state index is 13.5. The van der Waals surface area contributed by atoms with Crippen molar-refractivity contribution >= 4 is 54.0 Å². The summed E-state index contributed by atoms with van der Waals surface area (Å²) in [5.74, 6) is 0. The van der Waals surface area contributed by atoms with E-state index >= 15 is 0 Å². The summed E-state index contributed by atoms with van der Waals surface area (Å²) in [5.41, 5.74) is 4.93. The first-order valence-electron chi connectivity index (χ1n) is 13.9. The number of thiazole rings is 2. The van der Waals surface area contributed by atoms with E-state index in [4.69, 9.17) is 4.98 Å². The van der Waals surface area contributed by atoms with Gasteiger partial charge in [-0.2, -0.15) is 17.7 Å². The number of para-hydroxylation sites is 1. The molecular formula is C34H33F3N3S2+. The number of pyridine rings is 1. The largest absolute Gasteiger partial charge is 0.394 e. The molecule has 0 unspecified atom stereocenters. The molecule has 0 aliphatic carbocycles. The molecule has 0 bridgehead atoms. The second-order valence-corrected chi connectivity index (χ2v) is 14.7. The molecule has 42 heavy (non-hydrogen) atoms. The molecule has 0 aliphatic heterocycles. The number of alkyl halides is 3. The molecule has 0 radical (unpaired) electrons. The van der Waals surface area contributed by atoms with Crippen molar-refractivity contribution < 1.29 is 17.7 Å². The Kier molecular flexibility index (Phi) is 6.74. The molecule has 0 spiro atoms. The zero-order valence-corrected chi connectivity index (χ0v) is 26.4. The Morgan fingerprint density at radius 1 is 0.762 bits per heavy atom. The summed E-state index contributed by atoms with van der Waals surface area (Å²) in [6.07, 6.45) is -4.46. The summed E-state index contributed by atoms with van der Waals surface area (Å²) < 4.78 is 42.8. The van der Waals surface area contributed by atoms with Gasteiger partial charge in [0.05, 0.1) is 21.4 Å². The molecule has 6 rings (SSSR count). The van der Waals surface area contributed by atoms with Crippen LogP contribution in [0, 0.1) is 12.3 Å². The molecule has 0 fully saturated rings. The summed E-state index contributed by atoms with van der Waals surface area (Å²) in [7, 11) is 2.10. The lowest BCUT2D eigenvalue weighted by molar-refractivity contribution is -0.633. The van der Waals surface area contributed by atoms with Crippen LogP contribution in [0.1, 0.15) is 50.8 Å². The van der Waals surface area contributed by atoms with Crippen molar-refractivity contribution in [3.63, 3.8) is 0 Å². The topological polar surface area (TPSA) is 29.7 Å². The van der Waals surface area contributed by atoms with Gasteiger partial charge in [-0.05, 0) is 46.4 Å². The number of rotatable bonds is 4. The minimum absolute atomic E-state index is 0.0516. The van der Waals surface area contributed by atoms with E-state index in [-0.39, 0.29) is 11.8 Å². The van der Waals surface area contributed by atoms with Crippen molar-refractivity contribution in [1.82, 2.24) is 9.97 Å². The van der Waals surface area contributed by atoms with E-state index in [0.717, 1.165) is 27.2 Å². The minimum atomic E-state index is -4.30. The third kappa shape index (κ3) is 4.78. The monoisotopic (exact) mass is 604 g/mol. The van der Waals surface area contributed by atoms with Gasteiger partial charge in [0.15, 0.2) is 9.66 Å². The summed E-state index contributed by atoms with van der Waals surface area (Å²) >= 11 is 2.70. The molecule has 0 N–H and O–H groups in total. The van der Waals surface area contributed by atoms with Crippen LogP contribution >= 0.6 is 22.7 Å². The number of nitrogens with zero attached hydrogens (tertiary/aromatic N) is 3. The summed E-state index contributed by atoms with van der Waals surface area (Å²) in [5, 5.41) is 4.86. The van der Waals surface area contributed by atoms with Crippen molar-refractivity contribution in [2.24, 2.45) is 12.5 Å². The van der Waals surface area contributed by atoms with Gasteiger partial charge in [0.25, 0.3) is 0 Å². The molecule has 0 amide bonds. The first kappa shape index (κ1) is 28.7. The fourth-order valence-electron chi connectivity index (χ4n) is 5.63. The van der Waals surface area contributed by atoms with Crippen LogP contribution in [0.4, 0.5) is 13.2 Å². The number of aryl methyl sites for hydroxylation is 2. The molecule has 0 aliphatic rings. The van der Waals surface area contributed by atoms with Crippen LogP contribution in [-0.2, 0) is 18.9 Å². The van der Waals surface area contributed by atoms with Gasteiger partial charge >= 0.3 is 6.18 Å². The molecule has 0 saturated carbocycles. The van der Waals surface area contributed by atoms with Crippen LogP contribution in [0.5, 0.6) is 0 Å². The quantitative estimate of drug-likeness (QED) is 0.188. The number of fused-ring (bicyclic) bond motifs is 3. The van der Waals surface area contributed by atoms with Crippen LogP contribution in [-0.4, -0.2) is 16.1 Å². The zero-order chi connectivity index (χ0) is 30.2. The second kappa shape index (κ2) is 9.85. The van der Waals surface area contributed by atoms with E-state index in [9.17, 15) is 13.2 Å². The van der Waals surface area contributed by atoms with Crippen molar-refractivity contribution in [2.75, 3.05) is 0 Å². The van der Waals surface area contributed by atoms with Gasteiger partial charge in [-0.15, -0.1) is 0 Å². The van der Waals surface area contributed by atoms with E-state index in [1.807, 2.05) is 12.1 Å². The number of halogens is 3. The van der Waals surface area contributed by atoms with E-state index in [1.165, 1.54) is 64.0 Å². The minimum Gasteiger partial charge on any atom is -0.228 e. The van der Waals surface area contributed by atoms with Gasteiger partial charge in [-0.25, -0.2) is 9.97 Å². The normalized spacial score (nSPS) is 13.1. The van der Waals surface area contributed by atoms with E-state index in [1.54, 1.807) is 0 Å². The van der Waals surface area contributed by atoms with Crippen LogP contribution in [0.15, 0.2) is 60.7 Å². The fourth-order valence-corrected chi connectivity index (χ4v) is 7.95. The molecule has 3 aromatic heterocycles. The Morgan fingerprint density at radius 2 is 1.38 bits per heavy atom. The summed E-state index contributed by atoms with van der Waals surface area (Å²) in [6.45, 7) is 11.4. The smallest absolute Gasteiger partial charge is 0.228 e. The van der Waals surface area contributed by atoms with E-state index in [0.29, 0.717) is 14.7 Å². The standard InChI is InChI=1S/C34H33F3N3S2/c1-19-20-12-8-9-13-21(20)25(32(2,3)4)16-23(19)27-17-24(22-14-10-11-15-26(22)40(27)7)29-39-31-30(42-29)38-28(41-31)18-33(5,6)34(35,36)37/h8-17H,18H2,1-7H3/q+1. The third-order valence-corrected chi connectivity index (χ3v) is 10.3. The Bertz CT molecular complexity index is 1960. The predicted octanol–water partition coefficient (Wildman–Crippen LogP) is 9.95.